The molecule has 0 unspecified atom stereocenters. The Morgan fingerprint density at radius 2 is 0.906 bits per heavy atom. The zero-order valence-electron chi connectivity index (χ0n) is 19.3. The molecular formula is C28H32N2O2. The van der Waals surface area contributed by atoms with Crippen LogP contribution in [0.25, 0.3) is 0 Å². The van der Waals surface area contributed by atoms with Crippen LogP contribution in [-0.2, 0) is 0 Å². The molecule has 3 rings (SSSR count). The van der Waals surface area contributed by atoms with E-state index in [1.165, 1.54) is 11.1 Å². The number of hydrogen-bond donors (Lipinski definition) is 2. The summed E-state index contributed by atoms with van der Waals surface area (Å²) in [5.74, 6) is 0.593. The monoisotopic (exact) mass is 428 g/mol. The fraction of sp³-hybridized carbons (Fsp3) is 0.286. The third kappa shape index (κ3) is 5.85. The standard InChI is InChI=1S/C28H32N2O2/c1-5-19(3)21-11-15-25(16-12-21)29-27(31)23-7-9-24(10-8-23)28(32)30-26-17-13-22(14-18-26)20(4)6-2/h7-20H,5-6H2,1-4H3,(H,29,31)(H,30,32)/t19-,20-/m0/s1. The number of rotatable bonds is 8. The van der Waals surface area contributed by atoms with Crippen molar-refractivity contribution in [3.05, 3.63) is 95.1 Å². The van der Waals surface area contributed by atoms with E-state index in [-0.39, 0.29) is 11.8 Å². The SMILES string of the molecule is CC[C@H](C)c1ccc(NC(=O)c2ccc(C(=O)Nc3ccc([C@@H](C)CC)cc3)cc2)cc1. The second-order valence-corrected chi connectivity index (χ2v) is 8.35. The Kier molecular flexibility index (Phi) is 7.82. The largest absolute Gasteiger partial charge is 0.322 e. The highest BCUT2D eigenvalue weighted by atomic mass is 16.2. The van der Waals surface area contributed by atoms with Gasteiger partial charge in [-0.25, -0.2) is 0 Å². The molecule has 0 aliphatic rings. The minimum atomic E-state index is -0.200. The van der Waals surface area contributed by atoms with Crippen molar-refractivity contribution < 1.29 is 9.59 Å². The van der Waals surface area contributed by atoms with Crippen molar-refractivity contribution in [2.75, 3.05) is 10.6 Å². The molecule has 0 bridgehead atoms. The van der Waals surface area contributed by atoms with Crippen molar-refractivity contribution in [3.63, 3.8) is 0 Å². The first kappa shape index (κ1) is 23.3. The van der Waals surface area contributed by atoms with Crippen LogP contribution in [0.4, 0.5) is 11.4 Å². The van der Waals surface area contributed by atoms with E-state index in [4.69, 9.17) is 0 Å². The Morgan fingerprint density at radius 3 is 1.19 bits per heavy atom. The molecule has 2 atom stereocenters. The molecule has 0 aliphatic heterocycles. The van der Waals surface area contributed by atoms with Gasteiger partial charge in [0.05, 0.1) is 0 Å². The van der Waals surface area contributed by atoms with Crippen LogP contribution in [0.1, 0.15) is 84.2 Å². The maximum atomic E-state index is 12.6. The van der Waals surface area contributed by atoms with Crippen LogP contribution in [-0.4, -0.2) is 11.8 Å². The van der Waals surface area contributed by atoms with Crippen LogP contribution in [0.5, 0.6) is 0 Å². The third-order valence-electron chi connectivity index (χ3n) is 6.11. The molecule has 0 saturated heterocycles. The smallest absolute Gasteiger partial charge is 0.255 e. The Bertz CT molecular complexity index is 952. The number of anilines is 2. The van der Waals surface area contributed by atoms with Crippen LogP contribution < -0.4 is 10.6 Å². The number of benzene rings is 3. The number of hydrogen-bond acceptors (Lipinski definition) is 2. The third-order valence-corrected chi connectivity index (χ3v) is 6.11. The molecule has 4 nitrogen and oxygen atoms in total. The van der Waals surface area contributed by atoms with E-state index in [2.05, 4.69) is 38.3 Å². The molecule has 3 aromatic rings. The van der Waals surface area contributed by atoms with Gasteiger partial charge in [-0.3, -0.25) is 9.59 Å². The number of carbonyl (C=O) groups excluding carboxylic acids is 2. The van der Waals surface area contributed by atoms with Crippen LogP contribution in [0.15, 0.2) is 72.8 Å². The van der Waals surface area contributed by atoms with Gasteiger partial charge in [0.15, 0.2) is 0 Å². The fourth-order valence-corrected chi connectivity index (χ4v) is 3.44. The van der Waals surface area contributed by atoms with Gasteiger partial charge < -0.3 is 10.6 Å². The Morgan fingerprint density at radius 1 is 0.594 bits per heavy atom. The molecule has 0 spiro atoms. The predicted octanol–water partition coefficient (Wildman–Crippen LogP) is 7.22. The van der Waals surface area contributed by atoms with Gasteiger partial charge in [-0.1, -0.05) is 52.0 Å². The lowest BCUT2D eigenvalue weighted by Gasteiger charge is -2.11. The minimum absolute atomic E-state index is 0.200. The topological polar surface area (TPSA) is 58.2 Å². The molecule has 0 radical (unpaired) electrons. The molecule has 0 aromatic heterocycles. The second-order valence-electron chi connectivity index (χ2n) is 8.35. The van der Waals surface area contributed by atoms with E-state index in [0.717, 1.165) is 24.2 Å². The summed E-state index contributed by atoms with van der Waals surface area (Å²) in [6, 6.07) is 22.6. The first-order chi connectivity index (χ1) is 15.4. The first-order valence-electron chi connectivity index (χ1n) is 11.3. The van der Waals surface area contributed by atoms with Crippen LogP contribution in [0.3, 0.4) is 0 Å². The lowest BCUT2D eigenvalue weighted by molar-refractivity contribution is 0.101. The maximum Gasteiger partial charge on any atom is 0.255 e. The zero-order valence-corrected chi connectivity index (χ0v) is 19.3. The summed E-state index contributed by atoms with van der Waals surface area (Å²) < 4.78 is 0. The van der Waals surface area contributed by atoms with E-state index in [1.807, 2.05) is 48.5 Å². The van der Waals surface area contributed by atoms with Crippen LogP contribution in [0, 0.1) is 0 Å². The van der Waals surface area contributed by atoms with E-state index >= 15 is 0 Å². The fourth-order valence-electron chi connectivity index (χ4n) is 3.44. The molecule has 32 heavy (non-hydrogen) atoms. The molecule has 2 N–H and O–H groups in total. The summed E-state index contributed by atoms with van der Waals surface area (Å²) in [6.45, 7) is 8.70. The molecule has 3 aromatic carbocycles. The highest BCUT2D eigenvalue weighted by Crippen LogP contribution is 2.22. The van der Waals surface area contributed by atoms with Crippen molar-refractivity contribution in [3.8, 4) is 0 Å². The average molecular weight is 429 g/mol. The lowest BCUT2D eigenvalue weighted by Crippen LogP contribution is -2.14. The highest BCUT2D eigenvalue weighted by molar-refractivity contribution is 6.07. The van der Waals surface area contributed by atoms with Crippen molar-refractivity contribution in [1.82, 2.24) is 0 Å². The van der Waals surface area contributed by atoms with Gasteiger partial charge in [0.1, 0.15) is 0 Å². The number of nitrogens with one attached hydrogen (secondary N) is 2. The summed E-state index contributed by atoms with van der Waals surface area (Å²) in [5.41, 5.74) is 5.04. The zero-order chi connectivity index (χ0) is 23.1. The summed E-state index contributed by atoms with van der Waals surface area (Å²) in [6.07, 6.45) is 2.16. The molecule has 4 heteroatoms. The molecule has 0 aliphatic carbocycles. The van der Waals surface area contributed by atoms with Gasteiger partial charge in [-0.05, 0) is 84.3 Å². The van der Waals surface area contributed by atoms with Gasteiger partial charge in [0, 0.05) is 22.5 Å². The first-order valence-corrected chi connectivity index (χ1v) is 11.3. The summed E-state index contributed by atoms with van der Waals surface area (Å²) in [4.78, 5) is 25.1. The van der Waals surface area contributed by atoms with Crippen molar-refractivity contribution in [2.24, 2.45) is 0 Å². The predicted molar refractivity (Wildman–Crippen MR) is 133 cm³/mol. The van der Waals surface area contributed by atoms with Gasteiger partial charge in [0.25, 0.3) is 11.8 Å². The molecule has 0 saturated carbocycles. The van der Waals surface area contributed by atoms with Crippen molar-refractivity contribution in [2.45, 2.75) is 52.4 Å². The van der Waals surface area contributed by atoms with Gasteiger partial charge in [0.2, 0.25) is 0 Å². The highest BCUT2D eigenvalue weighted by Gasteiger charge is 2.11. The van der Waals surface area contributed by atoms with Gasteiger partial charge in [-0.15, -0.1) is 0 Å². The average Bonchev–Trinajstić information content (AvgIpc) is 2.84. The Hall–Kier alpha value is -3.40. The van der Waals surface area contributed by atoms with Gasteiger partial charge in [-0.2, -0.15) is 0 Å². The summed E-state index contributed by atoms with van der Waals surface area (Å²) >= 11 is 0. The summed E-state index contributed by atoms with van der Waals surface area (Å²) in [5, 5.41) is 5.82. The molecule has 0 fully saturated rings. The van der Waals surface area contributed by atoms with Crippen molar-refractivity contribution in [1.29, 1.82) is 0 Å². The normalized spacial score (nSPS) is 12.6. The quantitative estimate of drug-likeness (QED) is 0.398. The number of carbonyl (C=O) groups is 2. The molecule has 166 valence electrons. The second kappa shape index (κ2) is 10.8. The Balaban J connectivity index is 1.60. The van der Waals surface area contributed by atoms with Crippen molar-refractivity contribution >= 4 is 23.2 Å². The van der Waals surface area contributed by atoms with E-state index in [9.17, 15) is 9.59 Å². The molecular weight excluding hydrogens is 396 g/mol. The number of amides is 2. The molecule has 0 heterocycles. The lowest BCUT2D eigenvalue weighted by atomic mass is 9.98. The maximum absolute atomic E-state index is 12.6. The van der Waals surface area contributed by atoms with Crippen LogP contribution >= 0.6 is 0 Å². The van der Waals surface area contributed by atoms with E-state index in [0.29, 0.717) is 23.0 Å². The van der Waals surface area contributed by atoms with Gasteiger partial charge >= 0.3 is 0 Å². The van der Waals surface area contributed by atoms with E-state index in [1.54, 1.807) is 24.3 Å². The minimum Gasteiger partial charge on any atom is -0.322 e. The molecule has 2 amide bonds. The van der Waals surface area contributed by atoms with Crippen LogP contribution in [0.2, 0.25) is 0 Å². The summed E-state index contributed by atoms with van der Waals surface area (Å²) in [7, 11) is 0. The Labute approximate surface area is 191 Å². The van der Waals surface area contributed by atoms with E-state index < -0.39 is 0 Å².